The standard InChI is InChI=1S/C18H19N3O2/c1-12-17-4-3-7-20(17)8-9-21(12)18(22)16-10-13-5-6-14(23-2)11-15(13)19-16/h3-7,10-12,19H,8-9H2,1-2H3. The predicted molar refractivity (Wildman–Crippen MR) is 88.7 cm³/mol. The molecule has 2 aromatic heterocycles. The lowest BCUT2D eigenvalue weighted by atomic mass is 10.1. The van der Waals surface area contributed by atoms with Crippen molar-refractivity contribution in [2.24, 2.45) is 0 Å². The SMILES string of the molecule is COc1ccc2cc(C(=O)N3CCn4cccc4C3C)[nH]c2c1. The van der Waals surface area contributed by atoms with Crippen LogP contribution in [0.4, 0.5) is 0 Å². The predicted octanol–water partition coefficient (Wildman–Crippen LogP) is 3.20. The van der Waals surface area contributed by atoms with Gasteiger partial charge in [0, 0.05) is 41.9 Å². The maximum absolute atomic E-state index is 12.9. The van der Waals surface area contributed by atoms with Gasteiger partial charge in [-0.05, 0) is 37.3 Å². The molecule has 1 amide bonds. The highest BCUT2D eigenvalue weighted by Crippen LogP contribution is 2.28. The molecule has 5 heteroatoms. The van der Waals surface area contributed by atoms with Gasteiger partial charge in [-0.3, -0.25) is 4.79 Å². The molecule has 1 atom stereocenters. The first-order chi connectivity index (χ1) is 11.2. The molecule has 0 saturated heterocycles. The van der Waals surface area contributed by atoms with Crippen molar-refractivity contribution in [1.82, 2.24) is 14.5 Å². The van der Waals surface area contributed by atoms with Crippen LogP contribution in [0.1, 0.15) is 29.1 Å². The fraction of sp³-hybridized carbons (Fsp3) is 0.278. The number of methoxy groups -OCH3 is 1. The zero-order valence-corrected chi connectivity index (χ0v) is 13.2. The van der Waals surface area contributed by atoms with E-state index in [0.717, 1.165) is 29.7 Å². The number of carbonyl (C=O) groups is 1. The topological polar surface area (TPSA) is 50.3 Å². The molecule has 5 nitrogen and oxygen atoms in total. The molecule has 0 bridgehead atoms. The number of carbonyl (C=O) groups excluding carboxylic acids is 1. The highest BCUT2D eigenvalue weighted by atomic mass is 16.5. The van der Waals surface area contributed by atoms with E-state index in [1.807, 2.05) is 35.2 Å². The van der Waals surface area contributed by atoms with Crippen molar-refractivity contribution in [3.8, 4) is 5.75 Å². The van der Waals surface area contributed by atoms with E-state index in [2.05, 4.69) is 28.7 Å². The molecule has 23 heavy (non-hydrogen) atoms. The fourth-order valence-electron chi connectivity index (χ4n) is 3.36. The number of hydrogen-bond donors (Lipinski definition) is 1. The lowest BCUT2D eigenvalue weighted by molar-refractivity contribution is 0.0639. The number of benzene rings is 1. The Balaban J connectivity index is 1.67. The zero-order chi connectivity index (χ0) is 16.0. The van der Waals surface area contributed by atoms with Crippen molar-refractivity contribution in [3.05, 3.63) is 54.0 Å². The minimum absolute atomic E-state index is 0.0418. The van der Waals surface area contributed by atoms with Crippen LogP contribution in [0.3, 0.4) is 0 Å². The second kappa shape index (κ2) is 5.19. The number of H-pyrrole nitrogens is 1. The first-order valence-electron chi connectivity index (χ1n) is 7.80. The largest absolute Gasteiger partial charge is 0.497 e. The Morgan fingerprint density at radius 1 is 1.26 bits per heavy atom. The smallest absolute Gasteiger partial charge is 0.270 e. The van der Waals surface area contributed by atoms with E-state index in [4.69, 9.17) is 4.74 Å². The maximum atomic E-state index is 12.9. The average molecular weight is 309 g/mol. The number of ether oxygens (including phenoxy) is 1. The summed E-state index contributed by atoms with van der Waals surface area (Å²) in [6.45, 7) is 3.64. The van der Waals surface area contributed by atoms with Gasteiger partial charge in [0.05, 0.1) is 13.2 Å². The third kappa shape index (κ3) is 2.20. The lowest BCUT2D eigenvalue weighted by Gasteiger charge is -2.34. The van der Waals surface area contributed by atoms with Gasteiger partial charge in [-0.25, -0.2) is 0 Å². The van der Waals surface area contributed by atoms with Crippen molar-refractivity contribution >= 4 is 16.8 Å². The zero-order valence-electron chi connectivity index (χ0n) is 13.2. The number of fused-ring (bicyclic) bond motifs is 2. The monoisotopic (exact) mass is 309 g/mol. The third-order valence-corrected chi connectivity index (χ3v) is 4.66. The number of aromatic nitrogens is 2. The van der Waals surface area contributed by atoms with Gasteiger partial charge in [-0.2, -0.15) is 0 Å². The van der Waals surface area contributed by atoms with Crippen LogP contribution >= 0.6 is 0 Å². The van der Waals surface area contributed by atoms with Crippen molar-refractivity contribution in [2.75, 3.05) is 13.7 Å². The van der Waals surface area contributed by atoms with Crippen LogP contribution in [0.15, 0.2) is 42.6 Å². The molecule has 0 fully saturated rings. The number of aromatic amines is 1. The first-order valence-corrected chi connectivity index (χ1v) is 7.80. The molecular weight excluding hydrogens is 290 g/mol. The summed E-state index contributed by atoms with van der Waals surface area (Å²) in [7, 11) is 1.64. The third-order valence-electron chi connectivity index (χ3n) is 4.66. The highest BCUT2D eigenvalue weighted by molar-refractivity contribution is 5.98. The molecular formula is C18H19N3O2. The molecule has 1 aromatic carbocycles. The summed E-state index contributed by atoms with van der Waals surface area (Å²) < 4.78 is 7.45. The molecule has 1 aliphatic rings. The van der Waals surface area contributed by atoms with Crippen LogP contribution in [0.5, 0.6) is 5.75 Å². The second-order valence-corrected chi connectivity index (χ2v) is 5.94. The molecule has 0 spiro atoms. The van der Waals surface area contributed by atoms with E-state index in [9.17, 15) is 4.79 Å². The second-order valence-electron chi connectivity index (χ2n) is 5.94. The van der Waals surface area contributed by atoms with E-state index in [0.29, 0.717) is 5.69 Å². The molecule has 4 rings (SSSR count). The molecule has 0 radical (unpaired) electrons. The van der Waals surface area contributed by atoms with Crippen LogP contribution in [0.25, 0.3) is 10.9 Å². The minimum atomic E-state index is 0.0418. The summed E-state index contributed by atoms with van der Waals surface area (Å²) in [5.74, 6) is 0.822. The molecule has 3 heterocycles. The lowest BCUT2D eigenvalue weighted by Crippen LogP contribution is -2.40. The van der Waals surface area contributed by atoms with Crippen LogP contribution in [-0.4, -0.2) is 34.0 Å². The van der Waals surface area contributed by atoms with Gasteiger partial charge in [0.1, 0.15) is 11.4 Å². The average Bonchev–Trinajstić information content (AvgIpc) is 3.20. The first kappa shape index (κ1) is 13.9. The van der Waals surface area contributed by atoms with Crippen molar-refractivity contribution < 1.29 is 9.53 Å². The van der Waals surface area contributed by atoms with E-state index < -0.39 is 0 Å². The molecule has 0 aliphatic carbocycles. The van der Waals surface area contributed by atoms with Gasteiger partial charge in [-0.1, -0.05) is 0 Å². The van der Waals surface area contributed by atoms with Gasteiger partial charge in [0.15, 0.2) is 0 Å². The summed E-state index contributed by atoms with van der Waals surface area (Å²) in [5, 5.41) is 1.02. The minimum Gasteiger partial charge on any atom is -0.497 e. The highest BCUT2D eigenvalue weighted by Gasteiger charge is 2.28. The summed E-state index contributed by atoms with van der Waals surface area (Å²) in [6, 6.07) is 11.9. The molecule has 0 saturated carbocycles. The van der Waals surface area contributed by atoms with Gasteiger partial charge < -0.3 is 19.2 Å². The Hall–Kier alpha value is -2.69. The fourth-order valence-corrected chi connectivity index (χ4v) is 3.36. The summed E-state index contributed by atoms with van der Waals surface area (Å²) in [4.78, 5) is 18.1. The normalized spacial score (nSPS) is 17.3. The van der Waals surface area contributed by atoms with Crippen LogP contribution in [0, 0.1) is 0 Å². The van der Waals surface area contributed by atoms with Crippen molar-refractivity contribution in [1.29, 1.82) is 0 Å². The molecule has 1 N–H and O–H groups in total. The maximum Gasteiger partial charge on any atom is 0.270 e. The Kier molecular flexibility index (Phi) is 3.15. The number of nitrogens with one attached hydrogen (secondary N) is 1. The van der Waals surface area contributed by atoms with Gasteiger partial charge in [0.25, 0.3) is 5.91 Å². The Morgan fingerprint density at radius 2 is 2.13 bits per heavy atom. The van der Waals surface area contributed by atoms with Gasteiger partial charge in [0.2, 0.25) is 0 Å². The van der Waals surface area contributed by atoms with E-state index in [1.54, 1.807) is 7.11 Å². The Bertz CT molecular complexity index is 877. The summed E-state index contributed by atoms with van der Waals surface area (Å²) in [5.41, 5.74) is 2.73. The van der Waals surface area contributed by atoms with Crippen molar-refractivity contribution in [2.45, 2.75) is 19.5 Å². The number of amides is 1. The van der Waals surface area contributed by atoms with Crippen molar-refractivity contribution in [3.63, 3.8) is 0 Å². The Labute approximate surface area is 134 Å². The Morgan fingerprint density at radius 3 is 2.96 bits per heavy atom. The quantitative estimate of drug-likeness (QED) is 0.790. The van der Waals surface area contributed by atoms with Gasteiger partial charge >= 0.3 is 0 Å². The number of rotatable bonds is 2. The molecule has 3 aromatic rings. The van der Waals surface area contributed by atoms with Crippen LogP contribution < -0.4 is 4.74 Å². The summed E-state index contributed by atoms with van der Waals surface area (Å²) in [6.07, 6.45) is 2.07. The molecule has 1 aliphatic heterocycles. The molecule has 1 unspecified atom stereocenters. The van der Waals surface area contributed by atoms with Crippen LogP contribution in [0.2, 0.25) is 0 Å². The van der Waals surface area contributed by atoms with Gasteiger partial charge in [-0.15, -0.1) is 0 Å². The number of nitrogens with zero attached hydrogens (tertiary/aromatic N) is 2. The van der Waals surface area contributed by atoms with E-state index in [1.165, 1.54) is 5.69 Å². The van der Waals surface area contributed by atoms with E-state index in [-0.39, 0.29) is 11.9 Å². The number of hydrogen-bond acceptors (Lipinski definition) is 2. The molecule has 118 valence electrons. The van der Waals surface area contributed by atoms with Crippen LogP contribution in [-0.2, 0) is 6.54 Å². The summed E-state index contributed by atoms with van der Waals surface area (Å²) >= 11 is 0. The van der Waals surface area contributed by atoms with E-state index >= 15 is 0 Å².